The molecule has 0 saturated heterocycles. The van der Waals surface area contributed by atoms with Crippen LogP contribution in [-0.4, -0.2) is 9.97 Å². The third-order valence-electron chi connectivity index (χ3n) is 3.19. The molecule has 2 aromatic heterocycles. The Kier molecular flexibility index (Phi) is 4.02. The Hall–Kier alpha value is -1.26. The number of nitrogens with two attached hydrogens (primary N) is 1. The predicted octanol–water partition coefficient (Wildman–Crippen LogP) is 3.39. The molecule has 0 spiro atoms. The average Bonchev–Trinajstić information content (AvgIpc) is 2.77. The van der Waals surface area contributed by atoms with E-state index in [9.17, 15) is 0 Å². The zero-order chi connectivity index (χ0) is 14.0. The molecule has 2 rings (SSSR count). The number of hydrogen-bond acceptors (Lipinski definition) is 4. The smallest absolute Gasteiger partial charge is 0.0947 e. The third-order valence-corrected chi connectivity index (χ3v) is 4.06. The second-order valence-electron chi connectivity index (χ2n) is 5.92. The molecule has 1 atom stereocenters. The molecule has 19 heavy (non-hydrogen) atoms. The maximum Gasteiger partial charge on any atom is 0.0947 e. The van der Waals surface area contributed by atoms with Crippen molar-refractivity contribution in [3.63, 3.8) is 0 Å². The maximum atomic E-state index is 6.27. The van der Waals surface area contributed by atoms with Gasteiger partial charge in [0.05, 0.1) is 10.7 Å². The van der Waals surface area contributed by atoms with Crippen molar-refractivity contribution in [3.8, 4) is 0 Å². The molecule has 102 valence electrons. The van der Waals surface area contributed by atoms with Crippen LogP contribution in [0.5, 0.6) is 0 Å². The Morgan fingerprint density at radius 2 is 2.11 bits per heavy atom. The fraction of sp³-hybridized carbons (Fsp3) is 0.467. The molecule has 0 aliphatic carbocycles. The zero-order valence-corrected chi connectivity index (χ0v) is 12.8. The highest BCUT2D eigenvalue weighted by atomic mass is 32.1. The highest BCUT2D eigenvalue weighted by molar-refractivity contribution is 7.09. The van der Waals surface area contributed by atoms with Gasteiger partial charge in [-0.25, -0.2) is 4.98 Å². The van der Waals surface area contributed by atoms with Crippen LogP contribution >= 0.6 is 11.3 Å². The quantitative estimate of drug-likeness (QED) is 0.934. The summed E-state index contributed by atoms with van der Waals surface area (Å²) in [5, 5.41) is 3.23. The van der Waals surface area contributed by atoms with Crippen molar-refractivity contribution < 1.29 is 0 Å². The van der Waals surface area contributed by atoms with E-state index in [1.165, 1.54) is 5.56 Å². The first-order chi connectivity index (χ1) is 8.88. The van der Waals surface area contributed by atoms with Gasteiger partial charge in [-0.3, -0.25) is 4.98 Å². The standard InChI is InChI=1S/C15H21N3S/c1-10-5-6-17-8-11(10)12(16)7-14-18-13(9-19-14)15(2,3)4/h5-6,8-9,12H,7,16H2,1-4H3. The van der Waals surface area contributed by atoms with Crippen LogP contribution in [0.3, 0.4) is 0 Å². The Bertz CT molecular complexity index is 555. The lowest BCUT2D eigenvalue weighted by molar-refractivity contribution is 0.569. The van der Waals surface area contributed by atoms with Crippen LogP contribution in [0.15, 0.2) is 23.8 Å². The molecule has 0 bridgehead atoms. The molecule has 0 saturated carbocycles. The number of nitrogens with zero attached hydrogens (tertiary/aromatic N) is 2. The van der Waals surface area contributed by atoms with Crippen LogP contribution < -0.4 is 5.73 Å². The van der Waals surface area contributed by atoms with E-state index in [0.717, 1.165) is 22.7 Å². The van der Waals surface area contributed by atoms with Gasteiger partial charge in [0.25, 0.3) is 0 Å². The first kappa shape index (κ1) is 14.2. The molecule has 0 aliphatic heterocycles. The highest BCUT2D eigenvalue weighted by Gasteiger charge is 2.19. The monoisotopic (exact) mass is 275 g/mol. The van der Waals surface area contributed by atoms with Gasteiger partial charge in [-0.1, -0.05) is 20.8 Å². The van der Waals surface area contributed by atoms with Crippen molar-refractivity contribution in [3.05, 3.63) is 45.7 Å². The van der Waals surface area contributed by atoms with Gasteiger partial charge in [0.1, 0.15) is 0 Å². The van der Waals surface area contributed by atoms with Crippen molar-refractivity contribution in [2.75, 3.05) is 0 Å². The summed E-state index contributed by atoms with van der Waals surface area (Å²) in [4.78, 5) is 8.85. The number of hydrogen-bond donors (Lipinski definition) is 1. The molecule has 0 amide bonds. The zero-order valence-electron chi connectivity index (χ0n) is 12.0. The van der Waals surface area contributed by atoms with Crippen LogP contribution in [0.2, 0.25) is 0 Å². The molecule has 2 N–H and O–H groups in total. The van der Waals surface area contributed by atoms with Gasteiger partial charge in [-0.15, -0.1) is 11.3 Å². The van der Waals surface area contributed by atoms with Gasteiger partial charge >= 0.3 is 0 Å². The van der Waals surface area contributed by atoms with Gasteiger partial charge < -0.3 is 5.73 Å². The minimum Gasteiger partial charge on any atom is -0.324 e. The summed E-state index contributed by atoms with van der Waals surface area (Å²) in [6.07, 6.45) is 4.43. The van der Waals surface area contributed by atoms with E-state index in [2.05, 4.69) is 38.1 Å². The van der Waals surface area contributed by atoms with E-state index in [1.54, 1.807) is 17.5 Å². The van der Waals surface area contributed by atoms with Gasteiger partial charge in [-0.2, -0.15) is 0 Å². The Morgan fingerprint density at radius 3 is 2.68 bits per heavy atom. The van der Waals surface area contributed by atoms with Crippen molar-refractivity contribution in [1.82, 2.24) is 9.97 Å². The van der Waals surface area contributed by atoms with Crippen LogP contribution in [0.4, 0.5) is 0 Å². The van der Waals surface area contributed by atoms with E-state index in [4.69, 9.17) is 10.7 Å². The molecular formula is C15H21N3S. The summed E-state index contributed by atoms with van der Waals surface area (Å²) < 4.78 is 0. The second kappa shape index (κ2) is 5.39. The number of aromatic nitrogens is 2. The minimum atomic E-state index is -0.0346. The van der Waals surface area contributed by atoms with Crippen LogP contribution in [0.1, 0.15) is 48.6 Å². The lowest BCUT2D eigenvalue weighted by Crippen LogP contribution is -2.16. The molecule has 0 aliphatic rings. The summed E-state index contributed by atoms with van der Waals surface area (Å²) >= 11 is 1.69. The van der Waals surface area contributed by atoms with Crippen LogP contribution in [0.25, 0.3) is 0 Å². The fourth-order valence-electron chi connectivity index (χ4n) is 1.91. The Balaban J connectivity index is 2.14. The maximum absolute atomic E-state index is 6.27. The van der Waals surface area contributed by atoms with Crippen molar-refractivity contribution in [2.45, 2.75) is 45.6 Å². The van der Waals surface area contributed by atoms with Crippen LogP contribution in [0, 0.1) is 6.92 Å². The van der Waals surface area contributed by atoms with E-state index >= 15 is 0 Å². The van der Waals surface area contributed by atoms with Gasteiger partial charge in [0.2, 0.25) is 0 Å². The normalized spacial score (nSPS) is 13.5. The molecule has 0 fully saturated rings. The number of aryl methyl sites for hydroxylation is 1. The van der Waals surface area contributed by atoms with Gasteiger partial charge in [0.15, 0.2) is 0 Å². The molecular weight excluding hydrogens is 254 g/mol. The van der Waals surface area contributed by atoms with E-state index in [0.29, 0.717) is 0 Å². The number of pyridine rings is 1. The third kappa shape index (κ3) is 3.39. The molecule has 0 aromatic carbocycles. The van der Waals surface area contributed by atoms with E-state index < -0.39 is 0 Å². The molecule has 2 heterocycles. The number of rotatable bonds is 3. The molecule has 1 unspecified atom stereocenters. The summed E-state index contributed by atoms with van der Waals surface area (Å²) in [5.74, 6) is 0. The van der Waals surface area contributed by atoms with Gasteiger partial charge in [-0.05, 0) is 24.1 Å². The summed E-state index contributed by atoms with van der Waals surface area (Å²) in [6.45, 7) is 8.60. The summed E-state index contributed by atoms with van der Waals surface area (Å²) in [5.41, 5.74) is 9.81. The lowest BCUT2D eigenvalue weighted by atomic mass is 9.93. The largest absolute Gasteiger partial charge is 0.324 e. The van der Waals surface area contributed by atoms with Crippen molar-refractivity contribution >= 4 is 11.3 Å². The second-order valence-corrected chi connectivity index (χ2v) is 6.86. The highest BCUT2D eigenvalue weighted by Crippen LogP contribution is 2.26. The molecule has 0 radical (unpaired) electrons. The van der Waals surface area contributed by atoms with Crippen molar-refractivity contribution in [2.24, 2.45) is 5.73 Å². The molecule has 2 aromatic rings. The average molecular weight is 275 g/mol. The Labute approximate surface area is 118 Å². The molecule has 4 heteroatoms. The van der Waals surface area contributed by atoms with Gasteiger partial charge in [0, 0.05) is 35.7 Å². The summed E-state index contributed by atoms with van der Waals surface area (Å²) in [7, 11) is 0. The number of thiazole rings is 1. The molecule has 3 nitrogen and oxygen atoms in total. The lowest BCUT2D eigenvalue weighted by Gasteiger charge is -2.15. The first-order valence-corrected chi connectivity index (χ1v) is 7.37. The van der Waals surface area contributed by atoms with E-state index in [1.807, 2.05) is 12.3 Å². The van der Waals surface area contributed by atoms with Crippen LogP contribution in [-0.2, 0) is 11.8 Å². The topological polar surface area (TPSA) is 51.8 Å². The Morgan fingerprint density at radius 1 is 1.37 bits per heavy atom. The minimum absolute atomic E-state index is 0.0346. The van der Waals surface area contributed by atoms with E-state index in [-0.39, 0.29) is 11.5 Å². The predicted molar refractivity (Wildman–Crippen MR) is 80.4 cm³/mol. The SMILES string of the molecule is Cc1ccncc1C(N)Cc1nc(C(C)(C)C)cs1. The fourth-order valence-corrected chi connectivity index (χ4v) is 2.99. The van der Waals surface area contributed by atoms with Crippen molar-refractivity contribution in [1.29, 1.82) is 0 Å². The first-order valence-electron chi connectivity index (χ1n) is 6.49. The summed E-state index contributed by atoms with van der Waals surface area (Å²) in [6, 6.07) is 1.96.